The Labute approximate surface area is 253 Å². The first-order valence-corrected chi connectivity index (χ1v) is 18.8. The van der Waals surface area contributed by atoms with Gasteiger partial charge in [0, 0.05) is 0 Å². The maximum Gasteiger partial charge on any atom is 0.257 e. The molecular weight excluding hydrogens is 484 g/mol. The molecule has 0 saturated carbocycles. The van der Waals surface area contributed by atoms with Crippen molar-refractivity contribution in [3.05, 3.63) is 18.2 Å². The molecule has 1 rings (SSSR count). The predicted molar refractivity (Wildman–Crippen MR) is 179 cm³/mol. The minimum absolute atomic E-state index is 0.620. The fraction of sp³-hybridized carbons (Fsp3) is 0.921. The molecule has 236 valence electrons. The molecule has 0 aliphatic heterocycles. The van der Waals surface area contributed by atoms with Gasteiger partial charge in [-0.05, 0) is 32.6 Å². The van der Waals surface area contributed by atoms with Gasteiger partial charge in [0.05, 0.1) is 12.0 Å². The van der Waals surface area contributed by atoms with Gasteiger partial charge in [-0.25, -0.2) is 9.55 Å². The van der Waals surface area contributed by atoms with Gasteiger partial charge in [0.1, 0.15) is 12.4 Å². The molecule has 2 heteroatoms. The number of H-pyrrole nitrogens is 1. The van der Waals surface area contributed by atoms with Crippen LogP contribution in [0.1, 0.15) is 232 Å². The Bertz CT molecular complexity index is 621. The second kappa shape index (κ2) is 28.3. The number of hydrogen-bond donors (Lipinski definition) is 1. The van der Waals surface area contributed by atoms with Gasteiger partial charge in [0.25, 0.3) is 5.82 Å². The van der Waals surface area contributed by atoms with Crippen LogP contribution in [0.2, 0.25) is 0 Å². The molecule has 2 nitrogen and oxygen atoms in total. The topological polar surface area (TPSA) is 19.7 Å². The lowest BCUT2D eigenvalue weighted by molar-refractivity contribution is -0.727. The van der Waals surface area contributed by atoms with Gasteiger partial charge in [0.15, 0.2) is 0 Å². The number of hydrogen-bond acceptors (Lipinski definition) is 0. The van der Waals surface area contributed by atoms with Crippen molar-refractivity contribution >= 4 is 0 Å². The normalized spacial score (nSPS) is 13.2. The summed E-state index contributed by atoms with van der Waals surface area (Å²) in [4.78, 5) is 3.65. The molecule has 0 aliphatic rings. The fourth-order valence-electron chi connectivity index (χ4n) is 6.61. The van der Waals surface area contributed by atoms with E-state index in [-0.39, 0.29) is 0 Å². The van der Waals surface area contributed by atoms with Crippen molar-refractivity contribution in [3.63, 3.8) is 0 Å². The van der Waals surface area contributed by atoms with Crippen molar-refractivity contribution in [2.24, 2.45) is 0 Å². The van der Waals surface area contributed by atoms with E-state index in [1.807, 2.05) is 0 Å². The summed E-state index contributed by atoms with van der Waals surface area (Å²) in [6.07, 6.45) is 45.9. The standard InChI is InChI=1S/C38H74N2/c1-5-8-10-12-14-16-18-20-21-22-24-26-28-30-32-36(4)40-35-34-39-38(40)37(7-3)33-31-29-27-25-23-19-17-15-13-11-9-6-2/h34-37H,5-33H2,1-4H3/p+1. The molecule has 1 heterocycles. The highest BCUT2D eigenvalue weighted by Gasteiger charge is 2.24. The quantitative estimate of drug-likeness (QED) is 0.0689. The SMILES string of the molecule is CCCCCCCCCCCCCCCCC(C)[n+]1cc[nH]c1C(CC)CCCCCCCCCCCCCC. The minimum atomic E-state index is 0.620. The van der Waals surface area contributed by atoms with Crippen LogP contribution in [0.5, 0.6) is 0 Å². The first kappa shape index (κ1) is 37.2. The summed E-state index contributed by atoms with van der Waals surface area (Å²) in [5.74, 6) is 2.18. The van der Waals surface area contributed by atoms with E-state index in [9.17, 15) is 0 Å². The Kier molecular flexibility index (Phi) is 26.4. The van der Waals surface area contributed by atoms with Gasteiger partial charge in [-0.3, -0.25) is 0 Å². The lowest BCUT2D eigenvalue weighted by Crippen LogP contribution is -2.41. The van der Waals surface area contributed by atoms with E-state index in [1.165, 1.54) is 192 Å². The Morgan fingerprint density at radius 1 is 0.500 bits per heavy atom. The number of aromatic amines is 1. The van der Waals surface area contributed by atoms with Crippen molar-refractivity contribution in [3.8, 4) is 0 Å². The van der Waals surface area contributed by atoms with E-state index in [0.717, 1.165) is 0 Å². The Hall–Kier alpha value is -0.790. The number of unbranched alkanes of at least 4 members (excludes halogenated alkanes) is 24. The maximum absolute atomic E-state index is 3.65. The average molecular weight is 560 g/mol. The van der Waals surface area contributed by atoms with Crippen LogP contribution in [-0.2, 0) is 0 Å². The molecule has 0 bridgehead atoms. The van der Waals surface area contributed by atoms with E-state index in [2.05, 4.69) is 49.6 Å². The first-order chi connectivity index (χ1) is 19.7. The molecule has 0 saturated heterocycles. The average Bonchev–Trinajstić information content (AvgIpc) is 3.45. The molecule has 0 aliphatic carbocycles. The van der Waals surface area contributed by atoms with E-state index in [4.69, 9.17) is 0 Å². The summed E-state index contributed by atoms with van der Waals surface area (Å²) in [5.41, 5.74) is 0. The van der Waals surface area contributed by atoms with Crippen LogP contribution in [0.15, 0.2) is 12.4 Å². The summed E-state index contributed by atoms with van der Waals surface area (Å²) in [5, 5.41) is 0. The maximum atomic E-state index is 3.65. The number of rotatable bonds is 31. The minimum Gasteiger partial charge on any atom is -0.247 e. The lowest BCUT2D eigenvalue weighted by atomic mass is 9.96. The van der Waals surface area contributed by atoms with Crippen molar-refractivity contribution in [2.75, 3.05) is 0 Å². The van der Waals surface area contributed by atoms with Gasteiger partial charge >= 0.3 is 0 Å². The van der Waals surface area contributed by atoms with Gasteiger partial charge < -0.3 is 0 Å². The fourth-order valence-corrected chi connectivity index (χ4v) is 6.61. The molecule has 1 aromatic heterocycles. The monoisotopic (exact) mass is 560 g/mol. The number of imidazole rings is 1. The molecule has 0 fully saturated rings. The van der Waals surface area contributed by atoms with E-state index >= 15 is 0 Å². The highest BCUT2D eigenvalue weighted by molar-refractivity contribution is 4.89. The highest BCUT2D eigenvalue weighted by atomic mass is 15.1. The molecule has 1 aromatic rings. The van der Waals surface area contributed by atoms with Crippen LogP contribution in [-0.4, -0.2) is 4.98 Å². The van der Waals surface area contributed by atoms with Crippen molar-refractivity contribution in [1.29, 1.82) is 0 Å². The number of nitrogens with zero attached hydrogens (tertiary/aromatic N) is 1. The second-order valence-electron chi connectivity index (χ2n) is 13.3. The molecule has 0 aromatic carbocycles. The van der Waals surface area contributed by atoms with E-state index < -0.39 is 0 Å². The van der Waals surface area contributed by atoms with E-state index in [1.54, 1.807) is 0 Å². The molecular formula is C38H75N2+. The Morgan fingerprint density at radius 2 is 0.850 bits per heavy atom. The zero-order valence-corrected chi connectivity index (χ0v) is 28.3. The van der Waals surface area contributed by atoms with Crippen LogP contribution >= 0.6 is 0 Å². The molecule has 1 N–H and O–H groups in total. The van der Waals surface area contributed by atoms with Gasteiger partial charge in [-0.2, -0.15) is 0 Å². The third-order valence-corrected chi connectivity index (χ3v) is 9.48. The predicted octanol–water partition coefficient (Wildman–Crippen LogP) is 13.3. The van der Waals surface area contributed by atoms with Crippen LogP contribution in [0.3, 0.4) is 0 Å². The van der Waals surface area contributed by atoms with Crippen LogP contribution in [0.4, 0.5) is 0 Å². The third kappa shape index (κ3) is 20.1. The Balaban J connectivity index is 2.07. The number of aromatic nitrogens is 2. The summed E-state index contributed by atoms with van der Waals surface area (Å²) < 4.78 is 2.58. The zero-order valence-electron chi connectivity index (χ0n) is 28.3. The van der Waals surface area contributed by atoms with Gasteiger partial charge in [-0.15, -0.1) is 0 Å². The molecule has 40 heavy (non-hydrogen) atoms. The lowest BCUT2D eigenvalue weighted by Gasteiger charge is -2.16. The van der Waals surface area contributed by atoms with Crippen LogP contribution in [0.25, 0.3) is 0 Å². The van der Waals surface area contributed by atoms with Crippen LogP contribution < -0.4 is 4.57 Å². The smallest absolute Gasteiger partial charge is 0.247 e. The largest absolute Gasteiger partial charge is 0.257 e. The summed E-state index contributed by atoms with van der Waals surface area (Å²) in [7, 11) is 0. The third-order valence-electron chi connectivity index (χ3n) is 9.48. The van der Waals surface area contributed by atoms with Gasteiger partial charge in [0.2, 0.25) is 0 Å². The molecule has 2 atom stereocenters. The van der Waals surface area contributed by atoms with Crippen molar-refractivity contribution in [2.45, 2.75) is 226 Å². The summed E-state index contributed by atoms with van der Waals surface area (Å²) in [6, 6.07) is 0.620. The molecule has 0 spiro atoms. The van der Waals surface area contributed by atoms with Crippen molar-refractivity contribution < 1.29 is 4.57 Å². The van der Waals surface area contributed by atoms with Crippen molar-refractivity contribution in [1.82, 2.24) is 4.98 Å². The number of nitrogens with one attached hydrogen (secondary N) is 1. The second-order valence-corrected chi connectivity index (χ2v) is 13.3. The molecule has 0 radical (unpaired) electrons. The molecule has 0 amide bonds. The summed E-state index contributed by atoms with van der Waals surface area (Å²) in [6.45, 7) is 9.44. The van der Waals surface area contributed by atoms with Gasteiger partial charge in [-0.1, -0.05) is 181 Å². The highest BCUT2D eigenvalue weighted by Crippen LogP contribution is 2.24. The molecule has 2 unspecified atom stereocenters. The summed E-state index contributed by atoms with van der Waals surface area (Å²) >= 11 is 0. The van der Waals surface area contributed by atoms with Crippen LogP contribution in [0, 0.1) is 0 Å². The van der Waals surface area contributed by atoms with E-state index in [0.29, 0.717) is 12.0 Å². The first-order valence-electron chi connectivity index (χ1n) is 18.8. The Morgan fingerprint density at radius 3 is 1.23 bits per heavy atom. The zero-order chi connectivity index (χ0) is 28.9.